The summed E-state index contributed by atoms with van der Waals surface area (Å²) >= 11 is 3.16. The van der Waals surface area contributed by atoms with E-state index in [1.165, 1.54) is 18.2 Å². The number of carbonyl (C=O) groups is 1. The van der Waals surface area contributed by atoms with Gasteiger partial charge in [-0.15, -0.1) is 6.42 Å². The molecular formula is C16H11BrFNO2. The first-order chi connectivity index (χ1) is 10.1. The Morgan fingerprint density at radius 1 is 1.33 bits per heavy atom. The summed E-state index contributed by atoms with van der Waals surface area (Å²) in [4.78, 5) is 11.8. The first-order valence-electron chi connectivity index (χ1n) is 6.03. The second kappa shape index (κ2) is 6.91. The maximum absolute atomic E-state index is 12.9. The van der Waals surface area contributed by atoms with Crippen LogP contribution in [0.1, 0.15) is 5.56 Å². The molecule has 0 aromatic heterocycles. The Morgan fingerprint density at radius 2 is 2.14 bits per heavy atom. The van der Waals surface area contributed by atoms with Gasteiger partial charge in [-0.05, 0) is 52.3 Å². The second-order valence-corrected chi connectivity index (χ2v) is 4.99. The minimum atomic E-state index is -0.384. The predicted octanol–water partition coefficient (Wildman–Crippen LogP) is 3.59. The van der Waals surface area contributed by atoms with Gasteiger partial charge in [-0.2, -0.15) is 0 Å². The standard InChI is InChI=1S/C16H11BrFNO2/c1-2-11-4-3-5-13(8-11)19-16(20)10-21-15-7-6-12(18)9-14(15)17/h1,3-9H,10H2,(H,19,20). The molecule has 0 aliphatic carbocycles. The number of halogens is 2. The van der Waals surface area contributed by atoms with Crippen molar-refractivity contribution in [3.05, 3.63) is 58.3 Å². The van der Waals surface area contributed by atoms with Gasteiger partial charge in [0.25, 0.3) is 5.91 Å². The van der Waals surface area contributed by atoms with E-state index in [9.17, 15) is 9.18 Å². The fraction of sp³-hybridized carbons (Fsp3) is 0.0625. The molecule has 1 amide bonds. The van der Waals surface area contributed by atoms with Gasteiger partial charge in [0.05, 0.1) is 4.47 Å². The summed E-state index contributed by atoms with van der Waals surface area (Å²) in [6.07, 6.45) is 5.29. The summed E-state index contributed by atoms with van der Waals surface area (Å²) in [5.41, 5.74) is 1.27. The average molecular weight is 348 g/mol. The van der Waals surface area contributed by atoms with Crippen LogP contribution in [0.5, 0.6) is 5.75 Å². The van der Waals surface area contributed by atoms with Crippen molar-refractivity contribution in [2.24, 2.45) is 0 Å². The Hall–Kier alpha value is -2.32. The Kier molecular flexibility index (Phi) is 4.96. The summed E-state index contributed by atoms with van der Waals surface area (Å²) in [7, 11) is 0. The molecule has 0 spiro atoms. The SMILES string of the molecule is C#Cc1cccc(NC(=O)COc2ccc(F)cc2Br)c1. The number of nitrogens with one attached hydrogen (secondary N) is 1. The van der Waals surface area contributed by atoms with Crippen LogP contribution in [0.25, 0.3) is 0 Å². The van der Waals surface area contributed by atoms with Gasteiger partial charge in [-0.3, -0.25) is 4.79 Å². The fourth-order valence-corrected chi connectivity index (χ4v) is 2.08. The summed E-state index contributed by atoms with van der Waals surface area (Å²) in [6, 6.07) is 10.9. The van der Waals surface area contributed by atoms with E-state index in [1.807, 2.05) is 0 Å². The maximum atomic E-state index is 12.9. The zero-order chi connectivity index (χ0) is 15.2. The van der Waals surface area contributed by atoms with E-state index in [-0.39, 0.29) is 18.3 Å². The summed E-state index contributed by atoms with van der Waals surface area (Å²) < 4.78 is 18.7. The maximum Gasteiger partial charge on any atom is 0.262 e. The highest BCUT2D eigenvalue weighted by atomic mass is 79.9. The zero-order valence-electron chi connectivity index (χ0n) is 10.9. The first-order valence-corrected chi connectivity index (χ1v) is 6.82. The minimum absolute atomic E-state index is 0.190. The highest BCUT2D eigenvalue weighted by Gasteiger charge is 2.07. The van der Waals surface area contributed by atoms with E-state index in [2.05, 4.69) is 27.2 Å². The molecule has 0 saturated carbocycles. The number of carbonyl (C=O) groups excluding carboxylic acids is 1. The van der Waals surface area contributed by atoms with Crippen LogP contribution in [0.3, 0.4) is 0 Å². The molecule has 21 heavy (non-hydrogen) atoms. The molecule has 3 nitrogen and oxygen atoms in total. The summed E-state index contributed by atoms with van der Waals surface area (Å²) in [5.74, 6) is 2.16. The smallest absolute Gasteiger partial charge is 0.262 e. The number of benzene rings is 2. The molecule has 2 aromatic carbocycles. The van der Waals surface area contributed by atoms with Crippen molar-refractivity contribution in [1.82, 2.24) is 0 Å². The average Bonchev–Trinajstić information content (AvgIpc) is 2.46. The molecule has 0 saturated heterocycles. The molecule has 0 atom stereocenters. The highest BCUT2D eigenvalue weighted by Crippen LogP contribution is 2.25. The van der Waals surface area contributed by atoms with Gasteiger partial charge in [0.1, 0.15) is 11.6 Å². The van der Waals surface area contributed by atoms with Gasteiger partial charge < -0.3 is 10.1 Å². The van der Waals surface area contributed by atoms with Crippen molar-refractivity contribution in [2.45, 2.75) is 0 Å². The molecule has 2 rings (SSSR count). The van der Waals surface area contributed by atoms with E-state index in [0.717, 1.165) is 0 Å². The lowest BCUT2D eigenvalue weighted by Gasteiger charge is -2.09. The van der Waals surface area contributed by atoms with Crippen LogP contribution in [0, 0.1) is 18.2 Å². The lowest BCUT2D eigenvalue weighted by Crippen LogP contribution is -2.20. The van der Waals surface area contributed by atoms with Gasteiger partial charge in [0, 0.05) is 11.3 Å². The lowest BCUT2D eigenvalue weighted by molar-refractivity contribution is -0.118. The quantitative estimate of drug-likeness (QED) is 0.858. The topological polar surface area (TPSA) is 38.3 Å². The molecule has 5 heteroatoms. The molecule has 2 aromatic rings. The van der Waals surface area contributed by atoms with Crippen LogP contribution < -0.4 is 10.1 Å². The number of anilines is 1. The Morgan fingerprint density at radius 3 is 2.86 bits per heavy atom. The van der Waals surface area contributed by atoms with E-state index in [1.54, 1.807) is 24.3 Å². The molecule has 0 unspecified atom stereocenters. The molecule has 0 radical (unpaired) electrons. The van der Waals surface area contributed by atoms with Crippen LogP contribution >= 0.6 is 15.9 Å². The molecule has 0 fully saturated rings. The molecule has 0 aliphatic rings. The van der Waals surface area contributed by atoms with E-state index in [0.29, 0.717) is 21.5 Å². The van der Waals surface area contributed by atoms with Crippen molar-refractivity contribution < 1.29 is 13.9 Å². The van der Waals surface area contributed by atoms with Crippen molar-refractivity contribution >= 4 is 27.5 Å². The summed E-state index contributed by atoms with van der Waals surface area (Å²) in [6.45, 7) is -0.190. The fourth-order valence-electron chi connectivity index (χ4n) is 1.62. The predicted molar refractivity (Wildman–Crippen MR) is 82.6 cm³/mol. The van der Waals surface area contributed by atoms with Crippen molar-refractivity contribution in [3.63, 3.8) is 0 Å². The number of terminal acetylenes is 1. The summed E-state index contributed by atoms with van der Waals surface area (Å²) in [5, 5.41) is 2.67. The lowest BCUT2D eigenvalue weighted by atomic mass is 10.2. The van der Waals surface area contributed by atoms with Crippen molar-refractivity contribution in [2.75, 3.05) is 11.9 Å². The van der Waals surface area contributed by atoms with Crippen molar-refractivity contribution in [1.29, 1.82) is 0 Å². The van der Waals surface area contributed by atoms with Gasteiger partial charge >= 0.3 is 0 Å². The third kappa shape index (κ3) is 4.33. The van der Waals surface area contributed by atoms with Gasteiger partial charge in [-0.1, -0.05) is 12.0 Å². The van der Waals surface area contributed by atoms with Crippen molar-refractivity contribution in [3.8, 4) is 18.1 Å². The van der Waals surface area contributed by atoms with Crippen LogP contribution in [-0.4, -0.2) is 12.5 Å². The largest absolute Gasteiger partial charge is 0.483 e. The number of amides is 1. The van der Waals surface area contributed by atoms with Gasteiger partial charge in [0.15, 0.2) is 6.61 Å². The monoisotopic (exact) mass is 347 g/mol. The van der Waals surface area contributed by atoms with Gasteiger partial charge in [0.2, 0.25) is 0 Å². The Balaban J connectivity index is 1.94. The van der Waals surface area contributed by atoms with Crippen LogP contribution in [0.4, 0.5) is 10.1 Å². The van der Waals surface area contributed by atoms with E-state index >= 15 is 0 Å². The Bertz CT molecular complexity index is 710. The molecule has 0 heterocycles. The molecule has 106 valence electrons. The highest BCUT2D eigenvalue weighted by molar-refractivity contribution is 9.10. The number of hydrogen-bond acceptors (Lipinski definition) is 2. The normalized spacial score (nSPS) is 9.76. The molecule has 1 N–H and O–H groups in total. The van der Waals surface area contributed by atoms with Crippen LogP contribution in [0.2, 0.25) is 0 Å². The Labute approximate surface area is 130 Å². The van der Waals surface area contributed by atoms with Crippen LogP contribution in [0.15, 0.2) is 46.9 Å². The van der Waals surface area contributed by atoms with E-state index < -0.39 is 0 Å². The number of hydrogen-bond donors (Lipinski definition) is 1. The second-order valence-electron chi connectivity index (χ2n) is 4.14. The zero-order valence-corrected chi connectivity index (χ0v) is 12.5. The molecule has 0 bridgehead atoms. The van der Waals surface area contributed by atoms with Crippen LogP contribution in [-0.2, 0) is 4.79 Å². The first kappa shape index (κ1) is 15.1. The number of ether oxygens (including phenoxy) is 1. The van der Waals surface area contributed by atoms with Gasteiger partial charge in [-0.25, -0.2) is 4.39 Å². The third-order valence-electron chi connectivity index (χ3n) is 2.57. The third-order valence-corrected chi connectivity index (χ3v) is 3.19. The number of rotatable bonds is 4. The molecule has 0 aliphatic heterocycles. The molecular weight excluding hydrogens is 337 g/mol. The van der Waals surface area contributed by atoms with E-state index in [4.69, 9.17) is 11.2 Å². The minimum Gasteiger partial charge on any atom is -0.483 e.